The Morgan fingerprint density at radius 1 is 0.870 bits per heavy atom. The minimum atomic E-state index is -5.06. The van der Waals surface area contributed by atoms with Crippen molar-refractivity contribution in [2.45, 2.75) is 57.5 Å². The van der Waals surface area contributed by atoms with Crippen LogP contribution in [0.25, 0.3) is 0 Å². The average Bonchev–Trinajstić information content (AvgIpc) is 3.92. The van der Waals surface area contributed by atoms with Crippen LogP contribution in [0.15, 0.2) is 42.7 Å². The van der Waals surface area contributed by atoms with Crippen molar-refractivity contribution < 1.29 is 39.9 Å². The van der Waals surface area contributed by atoms with Gasteiger partial charge in [-0.25, -0.2) is 18.7 Å². The molecular formula is C32H34F8N4OS. The van der Waals surface area contributed by atoms with Gasteiger partial charge in [-0.05, 0) is 80.5 Å². The van der Waals surface area contributed by atoms with E-state index in [9.17, 15) is 30.7 Å². The molecule has 5 nitrogen and oxygen atoms in total. The normalized spacial score (nSPS) is 16.0. The molecule has 1 unspecified atom stereocenters. The summed E-state index contributed by atoms with van der Waals surface area (Å²) in [6.45, 7) is 2.58. The molecule has 0 radical (unpaired) electrons. The fourth-order valence-electron chi connectivity index (χ4n) is 5.31. The first-order chi connectivity index (χ1) is 21.7. The van der Waals surface area contributed by atoms with Crippen molar-refractivity contribution in [3.05, 3.63) is 76.6 Å². The molecule has 250 valence electrons. The van der Waals surface area contributed by atoms with Crippen molar-refractivity contribution >= 4 is 23.4 Å². The standard InChI is InChI=1S/C32H34F8N4OS/c1-19(22-9-24(31(35,36)37)12-25(10-22)32(38,39)40)44(30-41-14-27(15-42-30)45-7-8-46-2)18-23-11-26(33)13-28(34)29(23)43(16-20-3-4-20)17-21-5-6-21/h9-15,19-21H,3-8,16-18H2,1-2H3. The first kappa shape index (κ1) is 34.1. The maximum Gasteiger partial charge on any atom is 0.416 e. The molecule has 2 aliphatic carbocycles. The van der Waals surface area contributed by atoms with Crippen molar-refractivity contribution in [2.75, 3.05) is 41.5 Å². The molecule has 14 heteroatoms. The second-order valence-electron chi connectivity index (χ2n) is 11.9. The second-order valence-corrected chi connectivity index (χ2v) is 12.9. The summed E-state index contributed by atoms with van der Waals surface area (Å²) in [6, 6.07) is 2.10. The van der Waals surface area contributed by atoms with Crippen LogP contribution in [0, 0.1) is 23.5 Å². The monoisotopic (exact) mass is 674 g/mol. The molecule has 0 aliphatic heterocycles. The maximum absolute atomic E-state index is 15.6. The van der Waals surface area contributed by atoms with Gasteiger partial charge in [-0.3, -0.25) is 0 Å². The van der Waals surface area contributed by atoms with E-state index >= 15 is 4.39 Å². The van der Waals surface area contributed by atoms with E-state index in [0.717, 1.165) is 37.8 Å². The summed E-state index contributed by atoms with van der Waals surface area (Å²) in [6.07, 6.45) is -1.59. The van der Waals surface area contributed by atoms with E-state index in [4.69, 9.17) is 4.74 Å². The van der Waals surface area contributed by atoms with Crippen LogP contribution in [0.3, 0.4) is 0 Å². The fraction of sp³-hybridized carbons (Fsp3) is 0.500. The van der Waals surface area contributed by atoms with Crippen LogP contribution in [0.4, 0.5) is 46.8 Å². The molecule has 0 amide bonds. The lowest BCUT2D eigenvalue weighted by Crippen LogP contribution is -2.33. The van der Waals surface area contributed by atoms with Crippen molar-refractivity contribution in [3.63, 3.8) is 0 Å². The Bertz CT molecular complexity index is 1450. The van der Waals surface area contributed by atoms with E-state index in [2.05, 4.69) is 9.97 Å². The van der Waals surface area contributed by atoms with Crippen molar-refractivity contribution in [1.29, 1.82) is 0 Å². The molecule has 1 aromatic heterocycles. The minimum Gasteiger partial charge on any atom is -0.489 e. The smallest absolute Gasteiger partial charge is 0.416 e. The highest BCUT2D eigenvalue weighted by molar-refractivity contribution is 7.98. The van der Waals surface area contributed by atoms with Crippen molar-refractivity contribution in [3.8, 4) is 5.75 Å². The lowest BCUT2D eigenvalue weighted by molar-refractivity contribution is -0.143. The number of rotatable bonds is 14. The van der Waals surface area contributed by atoms with E-state index in [1.807, 2.05) is 11.2 Å². The summed E-state index contributed by atoms with van der Waals surface area (Å²) in [5, 5.41) is 0. The third-order valence-electron chi connectivity index (χ3n) is 8.10. The van der Waals surface area contributed by atoms with Crippen molar-refractivity contribution in [2.24, 2.45) is 11.8 Å². The van der Waals surface area contributed by atoms with Gasteiger partial charge in [0.2, 0.25) is 5.95 Å². The van der Waals surface area contributed by atoms with Gasteiger partial charge in [-0.1, -0.05) is 0 Å². The molecule has 5 rings (SSSR count). The summed E-state index contributed by atoms with van der Waals surface area (Å²) in [5.74, 6) is -0.00504. The summed E-state index contributed by atoms with van der Waals surface area (Å²) in [7, 11) is 0. The van der Waals surface area contributed by atoms with E-state index in [1.165, 1.54) is 24.2 Å². The first-order valence-electron chi connectivity index (χ1n) is 15.0. The van der Waals surface area contributed by atoms with Gasteiger partial charge in [-0.2, -0.15) is 38.1 Å². The number of nitrogens with zero attached hydrogens (tertiary/aromatic N) is 4. The highest BCUT2D eigenvalue weighted by Gasteiger charge is 2.38. The van der Waals surface area contributed by atoms with Crippen molar-refractivity contribution in [1.82, 2.24) is 9.97 Å². The van der Waals surface area contributed by atoms with Gasteiger partial charge in [0.15, 0.2) is 5.75 Å². The van der Waals surface area contributed by atoms with E-state index in [1.54, 1.807) is 11.8 Å². The predicted molar refractivity (Wildman–Crippen MR) is 161 cm³/mol. The first-order valence-corrected chi connectivity index (χ1v) is 16.3. The molecule has 1 atom stereocenters. The van der Waals surface area contributed by atoms with Gasteiger partial charge < -0.3 is 14.5 Å². The molecule has 2 saturated carbocycles. The average molecular weight is 675 g/mol. The van der Waals surface area contributed by atoms with Crippen LogP contribution < -0.4 is 14.5 Å². The minimum absolute atomic E-state index is 0.0610. The fourth-order valence-corrected chi connectivity index (χ4v) is 5.56. The van der Waals surface area contributed by atoms with Gasteiger partial charge in [-0.15, -0.1) is 0 Å². The molecule has 2 fully saturated rings. The molecule has 3 aromatic rings. The molecule has 0 bridgehead atoms. The number of anilines is 2. The van der Waals surface area contributed by atoms with Gasteiger partial charge in [0.1, 0.15) is 11.6 Å². The Balaban J connectivity index is 1.58. The maximum atomic E-state index is 15.6. The number of hydrogen-bond donors (Lipinski definition) is 0. The largest absolute Gasteiger partial charge is 0.489 e. The number of benzene rings is 2. The molecule has 2 aromatic carbocycles. The summed E-state index contributed by atoms with van der Waals surface area (Å²) < 4.78 is 119. The zero-order chi connectivity index (χ0) is 33.2. The zero-order valence-electron chi connectivity index (χ0n) is 25.3. The van der Waals surface area contributed by atoms with Gasteiger partial charge >= 0.3 is 12.4 Å². The summed E-state index contributed by atoms with van der Waals surface area (Å²) in [5.41, 5.74) is -2.93. The number of alkyl halides is 6. The number of thioether (sulfide) groups is 1. The van der Waals surface area contributed by atoms with E-state index in [-0.39, 0.29) is 35.4 Å². The molecule has 0 N–H and O–H groups in total. The van der Waals surface area contributed by atoms with Gasteiger partial charge in [0, 0.05) is 37.0 Å². The number of ether oxygens (including phenoxy) is 1. The number of hydrogen-bond acceptors (Lipinski definition) is 6. The molecule has 46 heavy (non-hydrogen) atoms. The summed E-state index contributed by atoms with van der Waals surface area (Å²) in [4.78, 5) is 11.9. The highest BCUT2D eigenvalue weighted by Crippen LogP contribution is 2.41. The molecule has 1 heterocycles. The molecule has 0 saturated heterocycles. The van der Waals surface area contributed by atoms with E-state index < -0.39 is 41.2 Å². The zero-order valence-corrected chi connectivity index (χ0v) is 26.1. The van der Waals surface area contributed by atoms with Gasteiger partial charge in [0.25, 0.3) is 0 Å². The third-order valence-corrected chi connectivity index (χ3v) is 8.68. The Kier molecular flexibility index (Phi) is 10.2. The topological polar surface area (TPSA) is 41.5 Å². The van der Waals surface area contributed by atoms with Crippen LogP contribution >= 0.6 is 11.8 Å². The summed E-state index contributed by atoms with van der Waals surface area (Å²) >= 11 is 1.56. The SMILES string of the molecule is CSCCOc1cnc(N(Cc2cc(F)cc(F)c2N(CC2CC2)CC2CC2)C(C)c2cc(C(F)(F)F)cc(C(F)(F)F)c2)nc1. The lowest BCUT2D eigenvalue weighted by Gasteiger charge is -2.33. The Morgan fingerprint density at radius 3 is 1.93 bits per heavy atom. The number of aromatic nitrogens is 2. The van der Waals surface area contributed by atoms with Crippen LogP contribution in [0.1, 0.15) is 60.9 Å². The van der Waals surface area contributed by atoms with Crippen LogP contribution in [-0.2, 0) is 18.9 Å². The number of halogens is 8. The second kappa shape index (κ2) is 13.8. The van der Waals surface area contributed by atoms with E-state index in [0.29, 0.717) is 55.2 Å². The van der Waals surface area contributed by atoms with Crippen LogP contribution in [0.5, 0.6) is 5.75 Å². The Morgan fingerprint density at radius 2 is 1.43 bits per heavy atom. The molecule has 0 spiro atoms. The molecule has 2 aliphatic rings. The third kappa shape index (κ3) is 8.74. The Hall–Kier alpha value is -3.29. The van der Waals surface area contributed by atoms with Gasteiger partial charge in [0.05, 0.1) is 41.9 Å². The van der Waals surface area contributed by atoms with Crippen LogP contribution in [0.2, 0.25) is 0 Å². The highest BCUT2D eigenvalue weighted by atomic mass is 32.2. The molecular weight excluding hydrogens is 640 g/mol. The lowest BCUT2D eigenvalue weighted by atomic mass is 9.98. The quantitative estimate of drug-likeness (QED) is 0.126. The predicted octanol–water partition coefficient (Wildman–Crippen LogP) is 8.93. The Labute approximate surface area is 266 Å². The van der Waals surface area contributed by atoms with Crippen LogP contribution in [-0.4, -0.2) is 41.7 Å².